The zero-order valence-electron chi connectivity index (χ0n) is 13.6. The number of rotatable bonds is 3. The lowest BCUT2D eigenvalue weighted by molar-refractivity contribution is -0.0831. The van der Waals surface area contributed by atoms with E-state index in [2.05, 4.69) is 20.3 Å². The Hall–Kier alpha value is -2.72. The fourth-order valence-corrected chi connectivity index (χ4v) is 2.51. The molecule has 0 fully saturated rings. The van der Waals surface area contributed by atoms with Crippen LogP contribution in [0.5, 0.6) is 0 Å². The summed E-state index contributed by atoms with van der Waals surface area (Å²) < 4.78 is 47.6. The number of nitrogens with zero attached hydrogens (tertiary/aromatic N) is 3. The highest BCUT2D eigenvalue weighted by Gasteiger charge is 2.44. The summed E-state index contributed by atoms with van der Waals surface area (Å²) in [5.41, 5.74) is 5.15. The van der Waals surface area contributed by atoms with Crippen LogP contribution in [-0.4, -0.2) is 40.8 Å². The first kappa shape index (κ1) is 19.1. The molecule has 1 aromatic carbocycles. The van der Waals surface area contributed by atoms with Gasteiger partial charge < -0.3 is 15.8 Å². The van der Waals surface area contributed by atoms with E-state index in [4.69, 9.17) is 22.1 Å². The van der Waals surface area contributed by atoms with Crippen LogP contribution >= 0.6 is 11.6 Å². The predicted molar refractivity (Wildman–Crippen MR) is 91.5 cm³/mol. The predicted octanol–water partition coefficient (Wildman–Crippen LogP) is 2.59. The number of nitrogens with two attached hydrogens (primary N) is 1. The molecule has 3 N–H and O–H groups in total. The highest BCUT2D eigenvalue weighted by molar-refractivity contribution is 6.30. The SMILES string of the molecule is NC1=NC(c2cc(NC(=O)c3ncc(Cl)cn3)ccc2F)C(F)(F)COC1. The number of carbonyl (C=O) groups excluding carboxylic acids is 1. The minimum Gasteiger partial charge on any atom is -0.386 e. The molecule has 0 radical (unpaired) electrons. The number of aromatic nitrogens is 2. The van der Waals surface area contributed by atoms with E-state index in [-0.39, 0.29) is 29.0 Å². The second-order valence-corrected chi connectivity index (χ2v) is 6.13. The number of amides is 1. The van der Waals surface area contributed by atoms with Crippen molar-refractivity contribution in [2.24, 2.45) is 10.7 Å². The number of anilines is 1. The molecule has 0 spiro atoms. The largest absolute Gasteiger partial charge is 0.386 e. The zero-order chi connectivity index (χ0) is 19.6. The average Bonchev–Trinajstić information content (AvgIpc) is 2.74. The van der Waals surface area contributed by atoms with Gasteiger partial charge in [0.25, 0.3) is 11.8 Å². The maximum atomic E-state index is 14.3. The maximum absolute atomic E-state index is 14.3. The van der Waals surface area contributed by atoms with Crippen LogP contribution in [-0.2, 0) is 4.74 Å². The average molecular weight is 400 g/mol. The Kier molecular flexibility index (Phi) is 5.29. The number of amidine groups is 1. The van der Waals surface area contributed by atoms with Crippen LogP contribution in [0.25, 0.3) is 0 Å². The summed E-state index contributed by atoms with van der Waals surface area (Å²) >= 11 is 5.65. The lowest BCUT2D eigenvalue weighted by atomic mass is 10.00. The Morgan fingerprint density at radius 3 is 2.74 bits per heavy atom. The number of ether oxygens (including phenoxy) is 1. The molecule has 3 rings (SSSR count). The number of benzene rings is 1. The van der Waals surface area contributed by atoms with E-state index in [1.165, 1.54) is 18.5 Å². The molecule has 7 nitrogen and oxygen atoms in total. The van der Waals surface area contributed by atoms with Gasteiger partial charge in [0.1, 0.15) is 30.9 Å². The van der Waals surface area contributed by atoms with Crippen LogP contribution in [0, 0.1) is 5.82 Å². The molecule has 1 unspecified atom stereocenters. The second-order valence-electron chi connectivity index (χ2n) is 5.69. The lowest BCUT2D eigenvalue weighted by Gasteiger charge is -2.22. The summed E-state index contributed by atoms with van der Waals surface area (Å²) in [5.74, 6) is -5.49. The molecule has 11 heteroatoms. The van der Waals surface area contributed by atoms with Gasteiger partial charge in [0, 0.05) is 23.6 Å². The van der Waals surface area contributed by atoms with Crippen molar-refractivity contribution in [2.75, 3.05) is 18.5 Å². The van der Waals surface area contributed by atoms with Crippen molar-refractivity contribution in [3.8, 4) is 0 Å². The standard InChI is InChI=1S/C16H13ClF3N5O2/c17-8-4-22-14(23-5-8)15(26)24-9-1-2-11(18)10(3-9)13-16(19,20)7-27-6-12(21)25-13/h1-5,13H,6-7H2,(H2,21,25)(H,24,26). The summed E-state index contributed by atoms with van der Waals surface area (Å²) in [7, 11) is 0. The molecule has 2 heterocycles. The first-order chi connectivity index (χ1) is 12.8. The fraction of sp³-hybridized carbons (Fsp3) is 0.250. The van der Waals surface area contributed by atoms with Gasteiger partial charge in [-0.1, -0.05) is 11.6 Å². The summed E-state index contributed by atoms with van der Waals surface area (Å²) in [6, 6.07) is 1.33. The molecule has 0 saturated carbocycles. The number of nitrogens with one attached hydrogen (secondary N) is 1. The first-order valence-corrected chi connectivity index (χ1v) is 8.00. The zero-order valence-corrected chi connectivity index (χ0v) is 14.4. The molecule has 0 bridgehead atoms. The number of carbonyl (C=O) groups is 1. The van der Waals surface area contributed by atoms with Crippen LogP contribution in [0.3, 0.4) is 0 Å². The lowest BCUT2D eigenvalue weighted by Crippen LogP contribution is -2.30. The molecule has 1 aliphatic rings. The van der Waals surface area contributed by atoms with Gasteiger partial charge in [0.15, 0.2) is 0 Å². The van der Waals surface area contributed by atoms with E-state index >= 15 is 0 Å². The van der Waals surface area contributed by atoms with Crippen LogP contribution in [0.15, 0.2) is 35.6 Å². The van der Waals surface area contributed by atoms with Crippen molar-refractivity contribution in [3.05, 3.63) is 52.8 Å². The third kappa shape index (κ3) is 4.34. The number of halogens is 4. The van der Waals surface area contributed by atoms with Crippen LogP contribution in [0.4, 0.5) is 18.9 Å². The van der Waals surface area contributed by atoms with E-state index in [0.717, 1.165) is 12.1 Å². The molecule has 1 aromatic heterocycles. The molecule has 142 valence electrons. The third-order valence-corrected chi connectivity index (χ3v) is 3.81. The summed E-state index contributed by atoms with van der Waals surface area (Å²) in [5, 5.41) is 2.65. The third-order valence-electron chi connectivity index (χ3n) is 3.61. The highest BCUT2D eigenvalue weighted by atomic mass is 35.5. The molecule has 27 heavy (non-hydrogen) atoms. The number of hydrogen-bond acceptors (Lipinski definition) is 6. The van der Waals surface area contributed by atoms with Gasteiger partial charge >= 0.3 is 0 Å². The van der Waals surface area contributed by atoms with Crippen molar-refractivity contribution in [1.29, 1.82) is 0 Å². The Labute approximate surface area is 156 Å². The van der Waals surface area contributed by atoms with Gasteiger partial charge in [-0.05, 0) is 18.2 Å². The molecular weight excluding hydrogens is 387 g/mol. The van der Waals surface area contributed by atoms with Crippen molar-refractivity contribution in [1.82, 2.24) is 9.97 Å². The van der Waals surface area contributed by atoms with Crippen molar-refractivity contribution < 1.29 is 22.7 Å². The Bertz CT molecular complexity index is 892. The quantitative estimate of drug-likeness (QED) is 0.825. The van der Waals surface area contributed by atoms with Gasteiger partial charge in [-0.25, -0.2) is 23.1 Å². The molecule has 1 amide bonds. The molecule has 1 aliphatic heterocycles. The second kappa shape index (κ2) is 7.49. The van der Waals surface area contributed by atoms with Crippen LogP contribution in [0.1, 0.15) is 22.2 Å². The first-order valence-electron chi connectivity index (χ1n) is 7.62. The summed E-state index contributed by atoms with van der Waals surface area (Å²) in [6.45, 7) is -1.24. The molecule has 1 atom stereocenters. The van der Waals surface area contributed by atoms with E-state index in [1.54, 1.807) is 0 Å². The van der Waals surface area contributed by atoms with Gasteiger partial charge in [-0.15, -0.1) is 0 Å². The van der Waals surface area contributed by atoms with Crippen LogP contribution < -0.4 is 11.1 Å². The summed E-state index contributed by atoms with van der Waals surface area (Å²) in [4.78, 5) is 23.3. The van der Waals surface area contributed by atoms with Crippen molar-refractivity contribution in [2.45, 2.75) is 12.0 Å². The monoisotopic (exact) mass is 399 g/mol. The topological polar surface area (TPSA) is 102 Å². The van der Waals surface area contributed by atoms with Crippen LogP contribution in [0.2, 0.25) is 5.02 Å². The van der Waals surface area contributed by atoms with E-state index in [0.29, 0.717) is 0 Å². The Morgan fingerprint density at radius 1 is 1.33 bits per heavy atom. The van der Waals surface area contributed by atoms with Gasteiger partial charge in [0.2, 0.25) is 5.82 Å². The fourth-order valence-electron chi connectivity index (χ4n) is 2.41. The van der Waals surface area contributed by atoms with Gasteiger partial charge in [-0.3, -0.25) is 9.79 Å². The van der Waals surface area contributed by atoms with E-state index in [9.17, 15) is 18.0 Å². The summed E-state index contributed by atoms with van der Waals surface area (Å²) in [6.07, 6.45) is 2.45. The smallest absolute Gasteiger partial charge is 0.297 e. The van der Waals surface area contributed by atoms with Gasteiger partial charge in [-0.2, -0.15) is 0 Å². The van der Waals surface area contributed by atoms with Crippen molar-refractivity contribution in [3.63, 3.8) is 0 Å². The Balaban J connectivity index is 1.91. The molecule has 0 saturated heterocycles. The highest BCUT2D eigenvalue weighted by Crippen LogP contribution is 2.38. The number of alkyl halides is 2. The molecule has 2 aromatic rings. The maximum Gasteiger partial charge on any atom is 0.297 e. The van der Waals surface area contributed by atoms with Gasteiger partial charge in [0.05, 0.1) is 5.02 Å². The molecule has 0 aliphatic carbocycles. The minimum absolute atomic E-state index is 0.0599. The number of aliphatic imine (C=N–C) groups is 1. The number of hydrogen-bond donors (Lipinski definition) is 2. The molecular formula is C16H13ClF3N5O2. The van der Waals surface area contributed by atoms with Crippen molar-refractivity contribution >= 4 is 29.0 Å². The normalized spacial score (nSPS) is 19.1. The Morgan fingerprint density at radius 2 is 2.04 bits per heavy atom. The van der Waals surface area contributed by atoms with E-state index < -0.39 is 35.9 Å². The minimum atomic E-state index is -3.48. The van der Waals surface area contributed by atoms with E-state index in [1.807, 2.05) is 0 Å².